The molecule has 3 N–H and O–H groups in total. The Kier molecular flexibility index (Phi) is 4.19. The molecule has 0 aliphatic carbocycles. The minimum Gasteiger partial charge on any atom is -0.271 e. The minimum atomic E-state index is -0.316. The van der Waals surface area contributed by atoms with Crippen molar-refractivity contribution < 1.29 is 4.39 Å². The van der Waals surface area contributed by atoms with Crippen LogP contribution in [-0.2, 0) is 6.42 Å². The largest absolute Gasteiger partial charge is 0.271 e. The van der Waals surface area contributed by atoms with Crippen LogP contribution in [0.25, 0.3) is 0 Å². The Morgan fingerprint density at radius 1 is 1.39 bits per heavy atom. The Morgan fingerprint density at radius 2 is 2.22 bits per heavy atom. The van der Waals surface area contributed by atoms with Crippen LogP contribution in [0.2, 0.25) is 5.02 Å². The number of hydrogen-bond acceptors (Lipinski definition) is 4. The number of nitrogens with one attached hydrogen (secondary N) is 1. The molecule has 0 spiro atoms. The van der Waals surface area contributed by atoms with Crippen molar-refractivity contribution in [2.45, 2.75) is 12.5 Å². The summed E-state index contributed by atoms with van der Waals surface area (Å²) in [4.78, 5) is 8.09. The van der Waals surface area contributed by atoms with E-state index in [-0.39, 0.29) is 11.9 Å². The molecule has 0 bridgehead atoms. The van der Waals surface area contributed by atoms with Gasteiger partial charge in [-0.05, 0) is 30.2 Å². The van der Waals surface area contributed by atoms with E-state index in [0.717, 1.165) is 0 Å². The molecule has 0 radical (unpaired) electrons. The Balaban J connectivity index is 2.23. The fourth-order valence-corrected chi connectivity index (χ4v) is 1.85. The van der Waals surface area contributed by atoms with Crippen molar-refractivity contribution in [3.63, 3.8) is 0 Å². The van der Waals surface area contributed by atoms with Crippen LogP contribution < -0.4 is 11.3 Å². The topological polar surface area (TPSA) is 63.8 Å². The molecule has 0 saturated carbocycles. The molecule has 4 nitrogen and oxygen atoms in total. The first kappa shape index (κ1) is 12.9. The van der Waals surface area contributed by atoms with Crippen molar-refractivity contribution >= 4 is 11.6 Å². The van der Waals surface area contributed by atoms with Crippen LogP contribution in [0.5, 0.6) is 0 Å². The van der Waals surface area contributed by atoms with Gasteiger partial charge >= 0.3 is 0 Å². The van der Waals surface area contributed by atoms with Crippen molar-refractivity contribution in [3.05, 3.63) is 58.9 Å². The van der Waals surface area contributed by atoms with Gasteiger partial charge in [0.25, 0.3) is 0 Å². The third-order valence-electron chi connectivity index (χ3n) is 2.57. The van der Waals surface area contributed by atoms with Crippen LogP contribution in [0.4, 0.5) is 4.39 Å². The molecule has 0 saturated heterocycles. The van der Waals surface area contributed by atoms with Gasteiger partial charge in [-0.15, -0.1) is 0 Å². The zero-order chi connectivity index (χ0) is 13.0. The molecular formula is C12H12ClFN4. The fraction of sp³-hybridized carbons (Fsp3) is 0.167. The maximum absolute atomic E-state index is 13.6. The summed E-state index contributed by atoms with van der Waals surface area (Å²) >= 11 is 5.84. The van der Waals surface area contributed by atoms with Crippen molar-refractivity contribution in [1.29, 1.82) is 0 Å². The third-order valence-corrected chi connectivity index (χ3v) is 2.81. The molecule has 0 aliphatic rings. The highest BCUT2D eigenvalue weighted by molar-refractivity contribution is 6.30. The van der Waals surface area contributed by atoms with Crippen molar-refractivity contribution in [2.24, 2.45) is 5.84 Å². The monoisotopic (exact) mass is 266 g/mol. The van der Waals surface area contributed by atoms with Gasteiger partial charge in [0, 0.05) is 17.4 Å². The number of hydrogen-bond donors (Lipinski definition) is 2. The maximum atomic E-state index is 13.6. The Bertz CT molecular complexity index is 521. The molecule has 18 heavy (non-hydrogen) atoms. The molecule has 1 heterocycles. The highest BCUT2D eigenvalue weighted by Gasteiger charge is 2.14. The predicted molar refractivity (Wildman–Crippen MR) is 67.2 cm³/mol. The van der Waals surface area contributed by atoms with E-state index in [1.54, 1.807) is 24.7 Å². The Labute approximate surface area is 109 Å². The molecule has 0 fully saturated rings. The maximum Gasteiger partial charge on any atom is 0.126 e. The summed E-state index contributed by atoms with van der Waals surface area (Å²) in [5, 5.41) is 0.487. The van der Waals surface area contributed by atoms with E-state index in [4.69, 9.17) is 17.4 Å². The molecule has 94 valence electrons. The zero-order valence-corrected chi connectivity index (χ0v) is 10.2. The van der Waals surface area contributed by atoms with Gasteiger partial charge in [0.1, 0.15) is 5.82 Å². The number of nitrogens with zero attached hydrogens (tertiary/aromatic N) is 2. The lowest BCUT2D eigenvalue weighted by atomic mass is 10.0. The summed E-state index contributed by atoms with van der Waals surface area (Å²) in [5.41, 5.74) is 3.74. The van der Waals surface area contributed by atoms with Crippen molar-refractivity contribution in [1.82, 2.24) is 15.4 Å². The van der Waals surface area contributed by atoms with Gasteiger partial charge in [-0.2, -0.15) is 0 Å². The Hall–Kier alpha value is -1.56. The summed E-state index contributed by atoms with van der Waals surface area (Å²) in [6.07, 6.45) is 5.07. The van der Waals surface area contributed by atoms with E-state index in [1.165, 1.54) is 12.1 Å². The van der Waals surface area contributed by atoms with Gasteiger partial charge in [-0.3, -0.25) is 21.2 Å². The SMILES string of the molecule is NNC(Cc1cc(Cl)ccc1F)c1cnccn1. The van der Waals surface area contributed by atoms with E-state index in [9.17, 15) is 4.39 Å². The van der Waals surface area contributed by atoms with Crippen molar-refractivity contribution in [2.75, 3.05) is 0 Å². The number of aromatic nitrogens is 2. The van der Waals surface area contributed by atoms with Crippen LogP contribution in [0.15, 0.2) is 36.8 Å². The second-order valence-corrected chi connectivity index (χ2v) is 4.23. The summed E-state index contributed by atoms with van der Waals surface area (Å²) in [7, 11) is 0. The Morgan fingerprint density at radius 3 is 2.89 bits per heavy atom. The highest BCUT2D eigenvalue weighted by atomic mass is 35.5. The lowest BCUT2D eigenvalue weighted by molar-refractivity contribution is 0.517. The van der Waals surface area contributed by atoms with Gasteiger partial charge in [-0.25, -0.2) is 4.39 Å². The molecule has 6 heteroatoms. The average molecular weight is 267 g/mol. The van der Waals surface area contributed by atoms with Crippen molar-refractivity contribution in [3.8, 4) is 0 Å². The van der Waals surface area contributed by atoms with E-state index in [2.05, 4.69) is 15.4 Å². The molecule has 1 unspecified atom stereocenters. The van der Waals surface area contributed by atoms with E-state index in [1.807, 2.05) is 0 Å². The van der Waals surface area contributed by atoms with Gasteiger partial charge in [0.2, 0.25) is 0 Å². The molecule has 0 amide bonds. The lowest BCUT2D eigenvalue weighted by Gasteiger charge is -2.15. The summed E-state index contributed by atoms with van der Waals surface area (Å²) in [6.45, 7) is 0. The van der Waals surface area contributed by atoms with Crippen LogP contribution in [0, 0.1) is 5.82 Å². The average Bonchev–Trinajstić information content (AvgIpc) is 2.41. The van der Waals surface area contributed by atoms with Crippen LogP contribution in [0.1, 0.15) is 17.3 Å². The van der Waals surface area contributed by atoms with Crippen LogP contribution in [-0.4, -0.2) is 9.97 Å². The first-order valence-electron chi connectivity index (χ1n) is 5.36. The summed E-state index contributed by atoms with van der Waals surface area (Å²) < 4.78 is 13.6. The number of hydrazine groups is 1. The lowest BCUT2D eigenvalue weighted by Crippen LogP contribution is -2.30. The quantitative estimate of drug-likeness (QED) is 0.656. The molecular weight excluding hydrogens is 255 g/mol. The number of rotatable bonds is 4. The second-order valence-electron chi connectivity index (χ2n) is 3.79. The van der Waals surface area contributed by atoms with Gasteiger partial charge < -0.3 is 0 Å². The summed E-state index contributed by atoms with van der Waals surface area (Å²) in [5.74, 6) is 5.15. The second kappa shape index (κ2) is 5.86. The summed E-state index contributed by atoms with van der Waals surface area (Å²) in [6, 6.07) is 4.11. The van der Waals surface area contributed by atoms with E-state index in [0.29, 0.717) is 22.7 Å². The molecule has 0 aliphatic heterocycles. The van der Waals surface area contributed by atoms with Gasteiger partial charge in [0.15, 0.2) is 0 Å². The molecule has 2 aromatic rings. The first-order chi connectivity index (χ1) is 8.70. The van der Waals surface area contributed by atoms with E-state index >= 15 is 0 Å². The molecule has 1 atom stereocenters. The highest BCUT2D eigenvalue weighted by Crippen LogP contribution is 2.20. The van der Waals surface area contributed by atoms with Gasteiger partial charge in [-0.1, -0.05) is 11.6 Å². The van der Waals surface area contributed by atoms with Crippen LogP contribution >= 0.6 is 11.6 Å². The fourth-order valence-electron chi connectivity index (χ4n) is 1.66. The molecule has 1 aromatic carbocycles. The van der Waals surface area contributed by atoms with Crippen LogP contribution in [0.3, 0.4) is 0 Å². The smallest absolute Gasteiger partial charge is 0.126 e. The standard InChI is InChI=1S/C12H12ClFN4/c13-9-1-2-10(14)8(5-9)6-11(18-15)12-7-16-3-4-17-12/h1-5,7,11,18H,6,15H2. The van der Waals surface area contributed by atoms with Gasteiger partial charge in [0.05, 0.1) is 17.9 Å². The third kappa shape index (κ3) is 3.01. The zero-order valence-electron chi connectivity index (χ0n) is 9.48. The van der Waals surface area contributed by atoms with E-state index < -0.39 is 0 Å². The number of halogens is 2. The first-order valence-corrected chi connectivity index (χ1v) is 5.74. The molecule has 1 aromatic heterocycles. The normalized spacial score (nSPS) is 12.4. The minimum absolute atomic E-state index is 0.313. The predicted octanol–water partition coefficient (Wildman–Crippen LogP) is 2.02. The molecule has 2 rings (SSSR count). The number of benzene rings is 1. The number of nitrogens with two attached hydrogens (primary N) is 1.